The zero-order valence-electron chi connectivity index (χ0n) is 21.7. The Bertz CT molecular complexity index is 1530. The molecule has 8 nitrogen and oxygen atoms in total. The fourth-order valence-corrected chi connectivity index (χ4v) is 4.60. The lowest BCUT2D eigenvalue weighted by molar-refractivity contribution is -0.135. The highest BCUT2D eigenvalue weighted by atomic mass is 16.5. The zero-order valence-corrected chi connectivity index (χ0v) is 21.7. The topological polar surface area (TPSA) is 97.4 Å². The number of hydrogen-bond donors (Lipinski definition) is 0. The first kappa shape index (κ1) is 25.8. The van der Waals surface area contributed by atoms with Crippen molar-refractivity contribution in [2.75, 3.05) is 20.8 Å². The third-order valence-electron chi connectivity index (χ3n) is 6.47. The molecule has 0 fully saturated rings. The summed E-state index contributed by atoms with van der Waals surface area (Å²) in [6.45, 7) is 6.05. The van der Waals surface area contributed by atoms with E-state index in [1.54, 1.807) is 55.7 Å². The molecular weight excluding hydrogens is 500 g/mol. The molecule has 0 saturated carbocycles. The SMILES string of the molecule is C=C(C)COc1cc(C2CC(=O)Oc3ccc4c(c32)OC(=Cc2ccc(C(=O)OC)cc2)C4=O)ccc1OC. The second-order valence-electron chi connectivity index (χ2n) is 9.29. The average molecular weight is 527 g/mol. The van der Waals surface area contributed by atoms with Crippen LogP contribution < -0.4 is 18.9 Å². The van der Waals surface area contributed by atoms with E-state index in [9.17, 15) is 14.4 Å². The summed E-state index contributed by atoms with van der Waals surface area (Å²) in [4.78, 5) is 37.6. The van der Waals surface area contributed by atoms with Crippen molar-refractivity contribution in [3.63, 3.8) is 0 Å². The van der Waals surface area contributed by atoms with Crippen LogP contribution in [0.3, 0.4) is 0 Å². The van der Waals surface area contributed by atoms with E-state index in [-0.39, 0.29) is 18.0 Å². The first-order valence-electron chi connectivity index (χ1n) is 12.2. The number of esters is 2. The highest BCUT2D eigenvalue weighted by molar-refractivity contribution is 6.15. The van der Waals surface area contributed by atoms with E-state index in [4.69, 9.17) is 23.7 Å². The molecule has 0 bridgehead atoms. The quantitative estimate of drug-likeness (QED) is 0.172. The molecule has 3 aromatic carbocycles. The molecule has 1 unspecified atom stereocenters. The van der Waals surface area contributed by atoms with Crippen molar-refractivity contribution >= 4 is 23.8 Å². The van der Waals surface area contributed by atoms with Gasteiger partial charge in [0.25, 0.3) is 0 Å². The molecule has 0 radical (unpaired) electrons. The number of allylic oxidation sites excluding steroid dienone is 1. The molecule has 198 valence electrons. The summed E-state index contributed by atoms with van der Waals surface area (Å²) in [5.41, 5.74) is 3.68. The Hall–Kier alpha value is -4.85. The van der Waals surface area contributed by atoms with Gasteiger partial charge in [-0.05, 0) is 66.1 Å². The summed E-state index contributed by atoms with van der Waals surface area (Å²) < 4.78 is 27.7. The van der Waals surface area contributed by atoms with Crippen molar-refractivity contribution in [2.45, 2.75) is 19.3 Å². The maximum absolute atomic E-state index is 13.3. The number of ether oxygens (including phenoxy) is 5. The number of rotatable bonds is 7. The van der Waals surface area contributed by atoms with Crippen LogP contribution in [0.4, 0.5) is 0 Å². The van der Waals surface area contributed by atoms with Gasteiger partial charge < -0.3 is 23.7 Å². The van der Waals surface area contributed by atoms with Crippen LogP contribution in [0.15, 0.2) is 72.5 Å². The largest absolute Gasteiger partial charge is 0.493 e. The van der Waals surface area contributed by atoms with Crippen molar-refractivity contribution in [3.05, 3.63) is 100 Å². The van der Waals surface area contributed by atoms with Gasteiger partial charge in [0.15, 0.2) is 17.3 Å². The summed E-state index contributed by atoms with van der Waals surface area (Å²) >= 11 is 0. The van der Waals surface area contributed by atoms with Gasteiger partial charge in [-0.25, -0.2) is 4.79 Å². The molecule has 0 aromatic heterocycles. The van der Waals surface area contributed by atoms with Gasteiger partial charge in [-0.1, -0.05) is 24.8 Å². The predicted octanol–water partition coefficient (Wildman–Crippen LogP) is 5.49. The van der Waals surface area contributed by atoms with Gasteiger partial charge in [0.05, 0.1) is 31.8 Å². The number of methoxy groups -OCH3 is 2. The summed E-state index contributed by atoms with van der Waals surface area (Å²) in [6.07, 6.45) is 1.66. The van der Waals surface area contributed by atoms with Crippen molar-refractivity contribution in [1.29, 1.82) is 0 Å². The first-order chi connectivity index (χ1) is 18.8. The van der Waals surface area contributed by atoms with Crippen LogP contribution in [0.2, 0.25) is 0 Å². The highest BCUT2D eigenvalue weighted by Crippen LogP contribution is 2.49. The number of benzene rings is 3. The molecule has 0 amide bonds. The molecule has 1 atom stereocenters. The Labute approximate surface area is 225 Å². The van der Waals surface area contributed by atoms with Crippen LogP contribution >= 0.6 is 0 Å². The normalized spacial score (nSPS) is 16.6. The molecular formula is C31H26O8. The van der Waals surface area contributed by atoms with Gasteiger partial charge in [-0.2, -0.15) is 0 Å². The Morgan fingerprint density at radius 1 is 1.03 bits per heavy atom. The van der Waals surface area contributed by atoms with Gasteiger partial charge >= 0.3 is 11.9 Å². The van der Waals surface area contributed by atoms with E-state index in [1.165, 1.54) is 7.11 Å². The van der Waals surface area contributed by atoms with Gasteiger partial charge in [0.1, 0.15) is 18.1 Å². The first-order valence-corrected chi connectivity index (χ1v) is 12.2. The minimum absolute atomic E-state index is 0.0568. The van der Waals surface area contributed by atoms with Crippen molar-refractivity contribution < 1.29 is 38.1 Å². The van der Waals surface area contributed by atoms with E-state index >= 15 is 0 Å². The van der Waals surface area contributed by atoms with E-state index in [2.05, 4.69) is 6.58 Å². The van der Waals surface area contributed by atoms with Gasteiger partial charge in [0, 0.05) is 11.5 Å². The molecule has 3 aromatic rings. The molecule has 8 heteroatoms. The summed E-state index contributed by atoms with van der Waals surface area (Å²) in [5, 5.41) is 0. The van der Waals surface area contributed by atoms with E-state index < -0.39 is 17.9 Å². The van der Waals surface area contributed by atoms with Gasteiger partial charge in [-0.15, -0.1) is 0 Å². The lowest BCUT2D eigenvalue weighted by Gasteiger charge is -2.27. The molecule has 0 N–H and O–H groups in total. The minimum Gasteiger partial charge on any atom is -0.493 e. The third-order valence-corrected chi connectivity index (χ3v) is 6.47. The number of ketones is 1. The van der Waals surface area contributed by atoms with Crippen LogP contribution in [0, 0.1) is 0 Å². The summed E-state index contributed by atoms with van der Waals surface area (Å²) in [6, 6.07) is 15.3. The lowest BCUT2D eigenvalue weighted by atomic mass is 9.84. The fourth-order valence-electron chi connectivity index (χ4n) is 4.60. The maximum Gasteiger partial charge on any atom is 0.337 e. The number of hydrogen-bond acceptors (Lipinski definition) is 8. The lowest BCUT2D eigenvalue weighted by Crippen LogP contribution is -2.21. The number of carbonyl (C=O) groups excluding carboxylic acids is 3. The van der Waals surface area contributed by atoms with Crippen LogP contribution in [0.1, 0.15) is 56.7 Å². The molecule has 2 heterocycles. The van der Waals surface area contributed by atoms with Crippen molar-refractivity contribution in [3.8, 4) is 23.0 Å². The Morgan fingerprint density at radius 3 is 2.49 bits per heavy atom. The van der Waals surface area contributed by atoms with Crippen LogP contribution in [0.25, 0.3) is 6.08 Å². The van der Waals surface area contributed by atoms with Crippen molar-refractivity contribution in [1.82, 2.24) is 0 Å². The molecule has 0 aliphatic carbocycles. The van der Waals surface area contributed by atoms with Crippen LogP contribution in [0.5, 0.6) is 23.0 Å². The van der Waals surface area contributed by atoms with E-state index in [0.717, 1.165) is 11.1 Å². The second kappa shape index (κ2) is 10.5. The highest BCUT2D eigenvalue weighted by Gasteiger charge is 2.38. The predicted molar refractivity (Wildman–Crippen MR) is 143 cm³/mol. The van der Waals surface area contributed by atoms with Gasteiger partial charge in [0.2, 0.25) is 5.78 Å². The molecule has 5 rings (SSSR count). The molecule has 2 aliphatic rings. The smallest absolute Gasteiger partial charge is 0.337 e. The van der Waals surface area contributed by atoms with Crippen LogP contribution in [-0.4, -0.2) is 38.5 Å². The average Bonchev–Trinajstić information content (AvgIpc) is 3.25. The van der Waals surface area contributed by atoms with Crippen LogP contribution in [-0.2, 0) is 9.53 Å². The molecule has 0 saturated heterocycles. The second-order valence-corrected chi connectivity index (χ2v) is 9.29. The number of fused-ring (bicyclic) bond motifs is 3. The number of carbonyl (C=O) groups is 3. The Kier molecular flexibility index (Phi) is 6.94. The molecule has 0 spiro atoms. The third kappa shape index (κ3) is 5.01. The van der Waals surface area contributed by atoms with E-state index in [0.29, 0.717) is 51.9 Å². The van der Waals surface area contributed by atoms with Gasteiger partial charge in [-0.3, -0.25) is 9.59 Å². The molecule has 2 aliphatic heterocycles. The maximum atomic E-state index is 13.3. The Balaban J connectivity index is 1.53. The van der Waals surface area contributed by atoms with Crippen molar-refractivity contribution in [2.24, 2.45) is 0 Å². The number of Topliss-reactive ketones (excluding diaryl/α,β-unsaturated/α-hetero) is 1. The standard InChI is InChI=1S/C31H26O8/c1-17(2)16-37-25-14-20(9-11-23(25)35-3)22-15-27(32)38-24-12-10-21-29(33)26(39-30(21)28(22)24)13-18-5-7-19(8-6-18)31(34)36-4/h5-14,22H,1,15-16H2,2-4H3. The molecule has 39 heavy (non-hydrogen) atoms. The minimum atomic E-state index is -0.450. The monoisotopic (exact) mass is 526 g/mol. The fraction of sp³-hybridized carbons (Fsp3) is 0.194. The Morgan fingerprint density at radius 2 is 1.79 bits per heavy atom. The zero-order chi connectivity index (χ0) is 27.7. The summed E-state index contributed by atoms with van der Waals surface area (Å²) in [5.74, 6) is 0.305. The van der Waals surface area contributed by atoms with E-state index in [1.807, 2.05) is 19.1 Å². The summed E-state index contributed by atoms with van der Waals surface area (Å²) in [7, 11) is 2.87.